The third-order valence-corrected chi connectivity index (χ3v) is 5.71. The first-order valence-corrected chi connectivity index (χ1v) is 10.1. The minimum Gasteiger partial charge on any atom is -0.493 e. The van der Waals surface area contributed by atoms with Crippen molar-refractivity contribution in [1.29, 1.82) is 0 Å². The van der Waals surface area contributed by atoms with Crippen LogP contribution in [0.3, 0.4) is 0 Å². The van der Waals surface area contributed by atoms with Crippen molar-refractivity contribution in [3.05, 3.63) is 18.2 Å². The summed E-state index contributed by atoms with van der Waals surface area (Å²) < 4.78 is 16.1. The first-order valence-electron chi connectivity index (χ1n) is 9.53. The summed E-state index contributed by atoms with van der Waals surface area (Å²) in [5.41, 5.74) is 0. The maximum atomic E-state index is 12.4. The lowest BCUT2D eigenvalue weighted by Gasteiger charge is -2.31. The van der Waals surface area contributed by atoms with Crippen LogP contribution in [0.5, 0.6) is 17.2 Å². The molecule has 0 spiro atoms. The van der Waals surface area contributed by atoms with E-state index in [1.54, 1.807) is 32.4 Å². The lowest BCUT2D eigenvalue weighted by Crippen LogP contribution is -2.43. The Bertz CT molecular complexity index is 547. The molecule has 1 unspecified atom stereocenters. The Kier molecular flexibility index (Phi) is 8.67. The first-order chi connectivity index (χ1) is 12.6. The van der Waals surface area contributed by atoms with Gasteiger partial charge in [-0.15, -0.1) is 9.24 Å². The molecule has 6 heteroatoms. The average Bonchev–Trinajstić information content (AvgIpc) is 2.65. The van der Waals surface area contributed by atoms with Gasteiger partial charge in [-0.1, -0.05) is 51.0 Å². The molecule has 0 aromatic heterocycles. The van der Waals surface area contributed by atoms with Crippen LogP contribution in [0.2, 0.25) is 0 Å². The Morgan fingerprint density at radius 2 is 1.50 bits per heavy atom. The predicted molar refractivity (Wildman–Crippen MR) is 107 cm³/mol. The van der Waals surface area contributed by atoms with Crippen LogP contribution in [0.25, 0.3) is 0 Å². The molecule has 1 N–H and O–H groups in total. The van der Waals surface area contributed by atoms with Gasteiger partial charge in [0.25, 0.3) is 0 Å². The Hall–Kier alpha value is -1.32. The van der Waals surface area contributed by atoms with Crippen molar-refractivity contribution < 1.29 is 19.0 Å². The highest BCUT2D eigenvalue weighted by Gasteiger charge is 2.25. The Labute approximate surface area is 159 Å². The van der Waals surface area contributed by atoms with Crippen LogP contribution in [0.1, 0.15) is 57.8 Å². The van der Waals surface area contributed by atoms with Crippen molar-refractivity contribution in [3.8, 4) is 17.2 Å². The van der Waals surface area contributed by atoms with Gasteiger partial charge in [-0.25, -0.2) is 0 Å². The number of para-hydroxylation sites is 1. The number of carbonyl (C=O) groups excluding carboxylic acids is 1. The summed E-state index contributed by atoms with van der Waals surface area (Å²) in [6, 6.07) is 5.29. The van der Waals surface area contributed by atoms with Crippen molar-refractivity contribution in [2.24, 2.45) is 0 Å². The molecule has 1 fully saturated rings. The number of esters is 1. The second kappa shape index (κ2) is 10.7. The molecule has 0 aliphatic heterocycles. The van der Waals surface area contributed by atoms with E-state index in [-0.39, 0.29) is 17.8 Å². The van der Waals surface area contributed by atoms with Crippen LogP contribution >= 0.6 is 9.24 Å². The van der Waals surface area contributed by atoms with E-state index in [0.29, 0.717) is 17.2 Å². The SMILES string of the molecule is COc1cccc(OC)c1OC(=O)CNC1(P)CCCCCCCCC1. The molecule has 1 saturated carbocycles. The lowest BCUT2D eigenvalue weighted by atomic mass is 9.97. The summed E-state index contributed by atoms with van der Waals surface area (Å²) in [6.45, 7) is 0.157. The maximum Gasteiger partial charge on any atom is 0.325 e. The second-order valence-corrected chi connectivity index (χ2v) is 8.06. The molecule has 26 heavy (non-hydrogen) atoms. The normalized spacial score (nSPS) is 18.0. The molecule has 0 amide bonds. The van der Waals surface area contributed by atoms with E-state index in [0.717, 1.165) is 12.8 Å². The molecule has 0 bridgehead atoms. The zero-order valence-corrected chi connectivity index (χ0v) is 17.2. The Balaban J connectivity index is 1.94. The van der Waals surface area contributed by atoms with Crippen molar-refractivity contribution in [3.63, 3.8) is 0 Å². The van der Waals surface area contributed by atoms with E-state index < -0.39 is 0 Å². The number of carbonyl (C=O) groups is 1. The minimum absolute atomic E-state index is 0.0960. The third kappa shape index (κ3) is 6.44. The van der Waals surface area contributed by atoms with Crippen molar-refractivity contribution in [2.75, 3.05) is 20.8 Å². The molecule has 2 rings (SSSR count). The van der Waals surface area contributed by atoms with Gasteiger partial charge >= 0.3 is 5.97 Å². The zero-order chi connectivity index (χ0) is 18.8. The molecule has 0 radical (unpaired) electrons. The van der Waals surface area contributed by atoms with Gasteiger partial charge in [0, 0.05) is 5.28 Å². The molecule has 5 nitrogen and oxygen atoms in total. The fourth-order valence-electron chi connectivity index (χ4n) is 3.38. The molecule has 1 aliphatic rings. The Morgan fingerprint density at radius 3 is 2.00 bits per heavy atom. The molecule has 146 valence electrons. The second-order valence-electron chi connectivity index (χ2n) is 6.95. The molecule has 1 aromatic carbocycles. The van der Waals surface area contributed by atoms with Gasteiger partial charge in [0.2, 0.25) is 5.75 Å². The van der Waals surface area contributed by atoms with Gasteiger partial charge in [0.05, 0.1) is 20.8 Å². The lowest BCUT2D eigenvalue weighted by molar-refractivity contribution is -0.133. The van der Waals surface area contributed by atoms with E-state index in [9.17, 15) is 4.79 Å². The summed E-state index contributed by atoms with van der Waals surface area (Å²) in [6.07, 6.45) is 11.0. The van der Waals surface area contributed by atoms with Crippen molar-refractivity contribution in [1.82, 2.24) is 5.32 Å². The van der Waals surface area contributed by atoms with Gasteiger partial charge < -0.3 is 14.2 Å². The number of methoxy groups -OCH3 is 2. The van der Waals surface area contributed by atoms with Crippen LogP contribution in [0, 0.1) is 0 Å². The van der Waals surface area contributed by atoms with Crippen LogP contribution in [-0.2, 0) is 4.79 Å². The van der Waals surface area contributed by atoms with Gasteiger partial charge in [-0.2, -0.15) is 0 Å². The van der Waals surface area contributed by atoms with Crippen LogP contribution in [0.15, 0.2) is 18.2 Å². The van der Waals surface area contributed by atoms with E-state index in [2.05, 4.69) is 14.6 Å². The smallest absolute Gasteiger partial charge is 0.325 e. The summed E-state index contributed by atoms with van der Waals surface area (Å²) in [5, 5.41) is 3.32. The van der Waals surface area contributed by atoms with Crippen LogP contribution in [0.4, 0.5) is 0 Å². The third-order valence-electron chi connectivity index (χ3n) is 4.93. The molecule has 1 aliphatic carbocycles. The summed E-state index contributed by atoms with van der Waals surface area (Å²) in [7, 11) is 6.03. The fraction of sp³-hybridized carbons (Fsp3) is 0.650. The summed E-state index contributed by atoms with van der Waals surface area (Å²) >= 11 is 0. The van der Waals surface area contributed by atoms with Crippen LogP contribution < -0.4 is 19.5 Å². The Morgan fingerprint density at radius 1 is 1.00 bits per heavy atom. The highest BCUT2D eigenvalue weighted by Crippen LogP contribution is 2.37. The highest BCUT2D eigenvalue weighted by molar-refractivity contribution is 7.18. The number of rotatable bonds is 6. The van der Waals surface area contributed by atoms with E-state index in [1.165, 1.54) is 44.9 Å². The molecular formula is C20H32NO4P. The van der Waals surface area contributed by atoms with E-state index in [1.807, 2.05) is 0 Å². The van der Waals surface area contributed by atoms with Gasteiger partial charge in [0.1, 0.15) is 0 Å². The van der Waals surface area contributed by atoms with Gasteiger partial charge in [-0.05, 0) is 25.0 Å². The maximum absolute atomic E-state index is 12.4. The minimum atomic E-state index is -0.341. The molecule has 1 atom stereocenters. The van der Waals surface area contributed by atoms with Gasteiger partial charge in [-0.3, -0.25) is 10.1 Å². The van der Waals surface area contributed by atoms with E-state index in [4.69, 9.17) is 14.2 Å². The topological polar surface area (TPSA) is 56.8 Å². The predicted octanol–water partition coefficient (Wildman–Crippen LogP) is 4.29. The monoisotopic (exact) mass is 381 g/mol. The number of hydrogen-bond donors (Lipinski definition) is 1. The first kappa shape index (κ1) is 21.0. The molecular weight excluding hydrogens is 349 g/mol. The average molecular weight is 381 g/mol. The number of hydrogen-bond acceptors (Lipinski definition) is 5. The van der Waals surface area contributed by atoms with Gasteiger partial charge in [0.15, 0.2) is 11.5 Å². The standard InChI is InChI=1S/C20H32NO4P/c1-23-16-11-10-12-17(24-2)19(16)25-18(22)15-21-20(26)13-8-6-4-3-5-7-9-14-20/h10-12,21H,3-9,13-15,26H2,1-2H3. The highest BCUT2D eigenvalue weighted by atomic mass is 31.0. The van der Waals surface area contributed by atoms with Crippen molar-refractivity contribution >= 4 is 15.2 Å². The number of nitrogens with one attached hydrogen (secondary N) is 1. The zero-order valence-electron chi connectivity index (χ0n) is 16.0. The number of ether oxygens (including phenoxy) is 3. The molecule has 0 saturated heterocycles. The van der Waals surface area contributed by atoms with Crippen molar-refractivity contribution in [2.45, 2.75) is 63.1 Å². The largest absolute Gasteiger partial charge is 0.493 e. The molecule has 1 aromatic rings. The van der Waals surface area contributed by atoms with Crippen LogP contribution in [-0.4, -0.2) is 32.0 Å². The summed E-state index contributed by atoms with van der Waals surface area (Å²) in [4.78, 5) is 12.4. The van der Waals surface area contributed by atoms with E-state index >= 15 is 0 Å². The summed E-state index contributed by atoms with van der Waals surface area (Å²) in [5.74, 6) is 0.953. The quantitative estimate of drug-likeness (QED) is 0.452. The number of benzene rings is 1. The fourth-order valence-corrected chi connectivity index (χ4v) is 3.89. The molecule has 0 heterocycles.